The van der Waals surface area contributed by atoms with Gasteiger partial charge in [-0.15, -0.1) is 0 Å². The maximum absolute atomic E-state index is 13.8. The van der Waals surface area contributed by atoms with Crippen LogP contribution >= 0.6 is 15.6 Å². The number of phosphoric ester groups is 2. The number of aliphatic hydroxyl groups excluding tert-OH is 1. The Morgan fingerprint density at radius 3 is 1.64 bits per heavy atom. The fourth-order valence-corrected chi connectivity index (χ4v) is 9.69. The van der Waals surface area contributed by atoms with Crippen LogP contribution in [0, 0.1) is 0 Å². The molecule has 0 saturated carbocycles. The van der Waals surface area contributed by atoms with Gasteiger partial charge in [-0.3, -0.25) is 61.2 Å². The van der Waals surface area contributed by atoms with Crippen molar-refractivity contribution in [3.8, 4) is 0 Å². The van der Waals surface area contributed by atoms with Gasteiger partial charge in [0.2, 0.25) is 17.8 Å². The number of phosphoric acid groups is 2. The number of aromatic amines is 2. The summed E-state index contributed by atoms with van der Waals surface area (Å²) in [6.45, 7) is -0.575. The number of carbonyl (C=O) groups excluding carboxylic acids is 4. The first-order valence-corrected chi connectivity index (χ1v) is 25.6. The van der Waals surface area contributed by atoms with Crippen LogP contribution in [-0.4, -0.2) is 199 Å². The average Bonchev–Trinajstić information content (AvgIpc) is 4.19. The third kappa shape index (κ3) is 13.7. The number of amides is 3. The predicted octanol–water partition coefficient (Wildman–Crippen LogP) is -3.68. The number of nitrogens with one attached hydrogen (secondary N) is 3. The Hall–Kier alpha value is -5.98. The first kappa shape index (κ1) is 55.3. The van der Waals surface area contributed by atoms with Crippen molar-refractivity contribution in [3.63, 3.8) is 0 Å². The first-order valence-electron chi connectivity index (χ1n) is 22.6. The molecule has 35 nitrogen and oxygen atoms in total. The van der Waals surface area contributed by atoms with E-state index >= 15 is 0 Å². The van der Waals surface area contributed by atoms with Crippen molar-refractivity contribution in [3.05, 3.63) is 45.5 Å². The molecule has 4 unspecified atom stereocenters. The van der Waals surface area contributed by atoms with Crippen LogP contribution in [-0.2, 0) is 84.4 Å². The van der Waals surface area contributed by atoms with Gasteiger partial charge in [0.05, 0.1) is 98.4 Å². The molecule has 75 heavy (non-hydrogen) atoms. The average molecular weight is 1100 g/mol. The van der Waals surface area contributed by atoms with E-state index in [2.05, 4.69) is 40.1 Å². The fourth-order valence-electron chi connectivity index (χ4n) is 7.75. The van der Waals surface area contributed by atoms with E-state index in [1.807, 2.05) is 0 Å². The highest BCUT2D eigenvalue weighted by Gasteiger charge is 2.54. The number of imidazole rings is 2. The van der Waals surface area contributed by atoms with Crippen molar-refractivity contribution >= 4 is 73.6 Å². The third-order valence-corrected chi connectivity index (χ3v) is 13.1. The van der Waals surface area contributed by atoms with Crippen LogP contribution in [0.5, 0.6) is 0 Å². The molecule has 0 bridgehead atoms. The van der Waals surface area contributed by atoms with Crippen molar-refractivity contribution < 1.29 is 99.3 Å². The molecule has 37 heteroatoms. The predicted molar refractivity (Wildman–Crippen MR) is 243 cm³/mol. The van der Waals surface area contributed by atoms with Gasteiger partial charge in [0.25, 0.3) is 22.9 Å². The van der Waals surface area contributed by atoms with E-state index in [9.17, 15) is 52.8 Å². The Bertz CT molecular complexity index is 2950. The number of rotatable bonds is 22. The molecule has 4 aliphatic rings. The number of hydrogen-bond donors (Lipinski definition) is 8. The highest BCUT2D eigenvalue weighted by molar-refractivity contribution is 7.47. The summed E-state index contributed by atoms with van der Waals surface area (Å²) >= 11 is 0. The Kier molecular flexibility index (Phi) is 17.9. The van der Waals surface area contributed by atoms with E-state index in [1.54, 1.807) is 0 Å². The molecule has 10 N–H and O–H groups in total. The van der Waals surface area contributed by atoms with Crippen molar-refractivity contribution in [1.82, 2.24) is 49.4 Å². The van der Waals surface area contributed by atoms with Crippen LogP contribution in [0.15, 0.2) is 34.4 Å². The molecule has 8 heterocycles. The van der Waals surface area contributed by atoms with E-state index in [-0.39, 0.29) is 113 Å². The zero-order chi connectivity index (χ0) is 53.4. The molecule has 4 aromatic heterocycles. The lowest BCUT2D eigenvalue weighted by Crippen LogP contribution is -2.48. The number of ether oxygens (including phenoxy) is 7. The van der Waals surface area contributed by atoms with Gasteiger partial charge in [0.15, 0.2) is 34.8 Å². The topological polar surface area (TPSA) is 468 Å². The summed E-state index contributed by atoms with van der Waals surface area (Å²) in [5.74, 6) is -3.66. The first-order chi connectivity index (χ1) is 35.9. The number of hydrogen-bond acceptors (Lipinski definition) is 27. The van der Waals surface area contributed by atoms with E-state index < -0.39 is 113 Å². The van der Waals surface area contributed by atoms with Crippen LogP contribution in [0.4, 0.5) is 11.9 Å². The van der Waals surface area contributed by atoms with Crippen molar-refractivity contribution in [2.45, 2.75) is 61.9 Å². The van der Waals surface area contributed by atoms with Crippen molar-refractivity contribution in [2.24, 2.45) is 0 Å². The molecular weight excluding hydrogens is 1050 g/mol. The van der Waals surface area contributed by atoms with Gasteiger partial charge >= 0.3 is 21.6 Å². The minimum absolute atomic E-state index is 0.0158. The molecule has 10 atom stereocenters. The lowest BCUT2D eigenvalue weighted by atomic mass is 10.1. The summed E-state index contributed by atoms with van der Waals surface area (Å²) in [4.78, 5) is 121. The SMILES string of the molecule is Nc1nc2c(ncn2[C@@H]2O[C@@H]3COP(=O)(O)OC4[C@@H](COP(=O)(O)O[C@@H]3C2O)O[C@@H](n2cnc3c(=O)[nH]c(N)nc32)[C@H]4NC(=O)CCOCCOCCOCCOCCOCCC(=O)ON2C(=O)C=CC2=O)c(=O)[nH]1. The molecule has 0 radical (unpaired) electrons. The summed E-state index contributed by atoms with van der Waals surface area (Å²) in [5, 5.41) is 14.4. The monoisotopic (exact) mass is 1100 g/mol. The second kappa shape index (κ2) is 24.3. The van der Waals surface area contributed by atoms with Gasteiger partial charge in [-0.1, -0.05) is 5.06 Å². The molecular formula is C38H50N12O23P2. The number of hydroxylamine groups is 2. The highest BCUT2D eigenvalue weighted by Crippen LogP contribution is 2.53. The van der Waals surface area contributed by atoms with E-state index in [0.29, 0.717) is 5.06 Å². The van der Waals surface area contributed by atoms with Crippen LogP contribution in [0.3, 0.4) is 0 Å². The normalized spacial score (nSPS) is 28.1. The molecule has 0 spiro atoms. The summed E-state index contributed by atoms with van der Waals surface area (Å²) in [6, 6.07) is -1.50. The molecule has 0 aromatic carbocycles. The molecule has 8 rings (SSSR count). The number of aliphatic hydroxyl groups is 1. The zero-order valence-corrected chi connectivity index (χ0v) is 40.8. The summed E-state index contributed by atoms with van der Waals surface area (Å²) in [7, 11) is -10.5. The molecule has 3 amide bonds. The highest BCUT2D eigenvalue weighted by atomic mass is 31.2. The molecule has 0 aliphatic carbocycles. The second-order valence-electron chi connectivity index (χ2n) is 16.3. The van der Waals surface area contributed by atoms with Gasteiger partial charge in [0, 0.05) is 18.6 Å². The Morgan fingerprint density at radius 2 is 1.12 bits per heavy atom. The summed E-state index contributed by atoms with van der Waals surface area (Å²) in [5.41, 5.74) is 9.32. The van der Waals surface area contributed by atoms with Crippen molar-refractivity contribution in [2.75, 3.05) is 90.7 Å². The number of H-pyrrole nitrogens is 2. The minimum Gasteiger partial charge on any atom is -0.386 e. The number of aromatic nitrogens is 8. The lowest BCUT2D eigenvalue weighted by molar-refractivity contribution is -0.196. The zero-order valence-electron chi connectivity index (χ0n) is 39.0. The fraction of sp³-hybridized carbons (Fsp3) is 0.579. The number of nitrogens with zero attached hydrogens (tertiary/aromatic N) is 7. The van der Waals surface area contributed by atoms with Crippen LogP contribution in [0.2, 0.25) is 0 Å². The molecule has 410 valence electrons. The largest absolute Gasteiger partial charge is 0.472 e. The van der Waals surface area contributed by atoms with Crippen LogP contribution in [0.1, 0.15) is 25.3 Å². The maximum Gasteiger partial charge on any atom is 0.472 e. The van der Waals surface area contributed by atoms with Gasteiger partial charge in [-0.05, 0) is 0 Å². The molecule has 4 aliphatic heterocycles. The number of nitrogen functional groups attached to an aromatic ring is 2. The van der Waals surface area contributed by atoms with Crippen molar-refractivity contribution in [1.29, 1.82) is 0 Å². The Morgan fingerprint density at radius 1 is 0.680 bits per heavy atom. The van der Waals surface area contributed by atoms with Gasteiger partial charge < -0.3 is 69.7 Å². The van der Waals surface area contributed by atoms with Crippen LogP contribution < -0.4 is 27.9 Å². The number of imide groups is 1. The third-order valence-electron chi connectivity index (χ3n) is 11.1. The minimum atomic E-state index is -5.28. The number of carbonyl (C=O) groups is 4. The number of fused-ring (bicyclic) bond motifs is 4. The molecule has 3 saturated heterocycles. The standard InChI is InChI=1S/C38H50N12O23P2/c39-37-44-31-26(33(56)46-37)41-17-48(31)35-25(43-21(51)3-5-62-7-9-64-11-13-66-14-12-65-10-8-63-6-4-24(54)71-50-22(52)1-2-23(50)53)29-19(69-35)15-67-75(60,61)73-30-20(16-68-74(58,59)72-29)70-36(28(30)55)49-18-42-27-32(49)45-38(40)47-34(27)57/h1-2,17-20,25,28-30,35-36,55H,3-16H2,(H,43,51)(H,58,59)(H,60,61)(H3,39,44,46,56)(H3,40,45,47,57)/t19-,20-,25+,28?,29?,30+,35-,36-/m1/s1. The van der Waals surface area contributed by atoms with Gasteiger partial charge in [-0.25, -0.2) is 23.9 Å². The summed E-state index contributed by atoms with van der Waals surface area (Å²) < 4.78 is 90.4. The number of anilines is 2. The van der Waals surface area contributed by atoms with E-state index in [1.165, 1.54) is 4.57 Å². The lowest BCUT2D eigenvalue weighted by Gasteiger charge is -2.29. The second-order valence-corrected chi connectivity index (χ2v) is 19.1. The van der Waals surface area contributed by atoms with E-state index in [0.717, 1.165) is 29.4 Å². The quantitative estimate of drug-likeness (QED) is 0.0213. The van der Waals surface area contributed by atoms with E-state index in [4.69, 9.17) is 62.7 Å². The summed E-state index contributed by atoms with van der Waals surface area (Å²) in [6.07, 6.45) is -7.98. The van der Waals surface area contributed by atoms with Gasteiger partial charge in [-0.2, -0.15) is 9.97 Å². The number of nitrogens with two attached hydrogens (primary N) is 2. The smallest absolute Gasteiger partial charge is 0.386 e. The molecule has 3 fully saturated rings. The van der Waals surface area contributed by atoms with Gasteiger partial charge in [0.1, 0.15) is 36.6 Å². The Balaban J connectivity index is 0.812. The molecule has 4 aromatic rings. The Labute approximate surface area is 419 Å². The maximum atomic E-state index is 13.8. The van der Waals surface area contributed by atoms with Crippen LogP contribution in [0.25, 0.3) is 22.3 Å².